The Labute approximate surface area is 121 Å². The van der Waals surface area contributed by atoms with Gasteiger partial charge in [0.2, 0.25) is 0 Å². The Balaban J connectivity index is 1.95. The number of halogens is 1. The predicted octanol–water partition coefficient (Wildman–Crippen LogP) is 4.06. The van der Waals surface area contributed by atoms with E-state index < -0.39 is 0 Å². The van der Waals surface area contributed by atoms with Crippen LogP contribution in [0.2, 0.25) is 0 Å². The summed E-state index contributed by atoms with van der Waals surface area (Å²) >= 11 is 3.47. The number of nitrogens with zero attached hydrogens (tertiary/aromatic N) is 2. The van der Waals surface area contributed by atoms with Gasteiger partial charge in [0.1, 0.15) is 5.82 Å². The summed E-state index contributed by atoms with van der Waals surface area (Å²) in [5, 5.41) is 1.07. The Morgan fingerprint density at radius 2 is 2.21 bits per heavy atom. The van der Waals surface area contributed by atoms with Gasteiger partial charge in [-0.15, -0.1) is 0 Å². The number of benzene rings is 1. The fourth-order valence-electron chi connectivity index (χ4n) is 2.67. The third-order valence-corrected chi connectivity index (χ3v) is 4.12. The molecule has 1 aromatic heterocycles. The van der Waals surface area contributed by atoms with Crippen molar-refractivity contribution < 1.29 is 4.74 Å². The van der Waals surface area contributed by atoms with Gasteiger partial charge in [0.25, 0.3) is 0 Å². The van der Waals surface area contributed by atoms with E-state index in [9.17, 15) is 0 Å². The average Bonchev–Trinajstić information content (AvgIpc) is 2.37. The van der Waals surface area contributed by atoms with Crippen LogP contribution >= 0.6 is 15.9 Å². The van der Waals surface area contributed by atoms with Crippen molar-refractivity contribution in [2.75, 3.05) is 6.61 Å². The molecule has 0 aliphatic carbocycles. The Morgan fingerprint density at radius 3 is 3.00 bits per heavy atom. The molecule has 1 aromatic carbocycles. The van der Waals surface area contributed by atoms with Crippen molar-refractivity contribution in [2.24, 2.45) is 0 Å². The fraction of sp³-hybridized carbons (Fsp3) is 0.467. The predicted molar refractivity (Wildman–Crippen MR) is 79.2 cm³/mol. The number of fused-ring (bicyclic) bond motifs is 1. The fourth-order valence-corrected chi connectivity index (χ4v) is 3.05. The second kappa shape index (κ2) is 4.84. The molecule has 1 fully saturated rings. The molecule has 19 heavy (non-hydrogen) atoms. The SMILES string of the molecule is CC1(C)CC(c2ncc3cc(Br)ccc3n2)CCO1. The first-order chi connectivity index (χ1) is 9.03. The van der Waals surface area contributed by atoms with Gasteiger partial charge >= 0.3 is 0 Å². The van der Waals surface area contributed by atoms with E-state index in [4.69, 9.17) is 9.72 Å². The quantitative estimate of drug-likeness (QED) is 0.794. The van der Waals surface area contributed by atoms with E-state index in [0.717, 1.165) is 40.6 Å². The lowest BCUT2D eigenvalue weighted by Gasteiger charge is -2.34. The van der Waals surface area contributed by atoms with Crippen LogP contribution in [0.5, 0.6) is 0 Å². The summed E-state index contributed by atoms with van der Waals surface area (Å²) in [7, 11) is 0. The second-order valence-corrected chi connectivity index (χ2v) is 6.64. The molecule has 1 atom stereocenters. The van der Waals surface area contributed by atoms with Crippen LogP contribution in [-0.2, 0) is 4.74 Å². The van der Waals surface area contributed by atoms with Crippen LogP contribution in [0.1, 0.15) is 38.4 Å². The normalized spacial score (nSPS) is 22.6. The molecule has 2 heterocycles. The summed E-state index contributed by atoms with van der Waals surface area (Å²) in [6.07, 6.45) is 3.91. The maximum absolute atomic E-state index is 5.76. The van der Waals surface area contributed by atoms with Crippen LogP contribution in [0, 0.1) is 0 Å². The van der Waals surface area contributed by atoms with Gasteiger partial charge in [0, 0.05) is 28.6 Å². The van der Waals surface area contributed by atoms with E-state index >= 15 is 0 Å². The molecule has 3 nitrogen and oxygen atoms in total. The Bertz CT molecular complexity index is 612. The van der Waals surface area contributed by atoms with Gasteiger partial charge in [0.05, 0.1) is 11.1 Å². The van der Waals surface area contributed by atoms with E-state index in [1.807, 2.05) is 24.4 Å². The van der Waals surface area contributed by atoms with E-state index in [0.29, 0.717) is 5.92 Å². The lowest BCUT2D eigenvalue weighted by atomic mass is 9.88. The molecule has 4 heteroatoms. The number of rotatable bonds is 1. The van der Waals surface area contributed by atoms with Crippen molar-refractivity contribution in [3.63, 3.8) is 0 Å². The first-order valence-corrected chi connectivity index (χ1v) is 7.39. The standard InChI is InChI=1S/C15H17BrN2O/c1-15(2)8-10(5-6-19-15)14-17-9-11-7-12(16)3-4-13(11)18-14/h3-4,7,9-10H,5-6,8H2,1-2H3. The minimum Gasteiger partial charge on any atom is -0.376 e. The number of ether oxygens (including phenoxy) is 1. The molecule has 1 unspecified atom stereocenters. The summed E-state index contributed by atoms with van der Waals surface area (Å²) in [6, 6.07) is 6.11. The van der Waals surface area contributed by atoms with Crippen LogP contribution in [-0.4, -0.2) is 22.2 Å². The van der Waals surface area contributed by atoms with Crippen LogP contribution < -0.4 is 0 Å². The first-order valence-electron chi connectivity index (χ1n) is 6.60. The van der Waals surface area contributed by atoms with Crippen molar-refractivity contribution in [3.8, 4) is 0 Å². The molecule has 0 radical (unpaired) electrons. The Hall–Kier alpha value is -1.00. The smallest absolute Gasteiger partial charge is 0.132 e. The summed E-state index contributed by atoms with van der Waals surface area (Å²) in [5.74, 6) is 1.35. The van der Waals surface area contributed by atoms with Crippen LogP contribution in [0.25, 0.3) is 10.9 Å². The molecule has 0 N–H and O–H groups in total. The van der Waals surface area contributed by atoms with Crippen LogP contribution in [0.4, 0.5) is 0 Å². The number of hydrogen-bond acceptors (Lipinski definition) is 3. The minimum atomic E-state index is -0.0685. The minimum absolute atomic E-state index is 0.0685. The van der Waals surface area contributed by atoms with Gasteiger partial charge in [-0.3, -0.25) is 0 Å². The number of aromatic nitrogens is 2. The molecular formula is C15H17BrN2O. The average molecular weight is 321 g/mol. The zero-order valence-corrected chi connectivity index (χ0v) is 12.8. The maximum atomic E-state index is 5.76. The largest absolute Gasteiger partial charge is 0.376 e. The molecule has 1 aliphatic heterocycles. The van der Waals surface area contributed by atoms with E-state index in [1.165, 1.54) is 0 Å². The van der Waals surface area contributed by atoms with Crippen LogP contribution in [0.15, 0.2) is 28.9 Å². The monoisotopic (exact) mass is 320 g/mol. The van der Waals surface area contributed by atoms with Gasteiger partial charge < -0.3 is 4.74 Å². The zero-order valence-electron chi connectivity index (χ0n) is 11.2. The summed E-state index contributed by atoms with van der Waals surface area (Å²) < 4.78 is 6.82. The van der Waals surface area contributed by atoms with Gasteiger partial charge in [-0.2, -0.15) is 0 Å². The van der Waals surface area contributed by atoms with Crippen molar-refractivity contribution in [3.05, 3.63) is 34.7 Å². The summed E-state index contributed by atoms with van der Waals surface area (Å²) in [6.45, 7) is 5.06. The van der Waals surface area contributed by atoms with Gasteiger partial charge in [-0.25, -0.2) is 9.97 Å². The lowest BCUT2D eigenvalue weighted by molar-refractivity contribution is -0.0602. The Morgan fingerprint density at radius 1 is 1.37 bits per heavy atom. The maximum Gasteiger partial charge on any atom is 0.132 e. The molecular weight excluding hydrogens is 304 g/mol. The highest BCUT2D eigenvalue weighted by Crippen LogP contribution is 2.34. The summed E-state index contributed by atoms with van der Waals surface area (Å²) in [4.78, 5) is 9.27. The Kier molecular flexibility index (Phi) is 3.31. The third kappa shape index (κ3) is 2.79. The van der Waals surface area contributed by atoms with Gasteiger partial charge in [-0.05, 0) is 44.9 Å². The van der Waals surface area contributed by atoms with Crippen molar-refractivity contribution >= 4 is 26.8 Å². The molecule has 3 rings (SSSR count). The first kappa shape index (κ1) is 13.0. The van der Waals surface area contributed by atoms with Gasteiger partial charge in [-0.1, -0.05) is 15.9 Å². The molecule has 0 amide bonds. The zero-order chi connectivity index (χ0) is 13.5. The molecule has 1 saturated heterocycles. The third-order valence-electron chi connectivity index (χ3n) is 3.62. The molecule has 0 saturated carbocycles. The van der Waals surface area contributed by atoms with Crippen molar-refractivity contribution in [1.82, 2.24) is 9.97 Å². The van der Waals surface area contributed by atoms with E-state index in [2.05, 4.69) is 34.8 Å². The highest BCUT2D eigenvalue weighted by atomic mass is 79.9. The number of hydrogen-bond donors (Lipinski definition) is 0. The van der Waals surface area contributed by atoms with E-state index in [1.54, 1.807) is 0 Å². The molecule has 0 bridgehead atoms. The van der Waals surface area contributed by atoms with E-state index in [-0.39, 0.29) is 5.60 Å². The molecule has 0 spiro atoms. The molecule has 1 aliphatic rings. The highest BCUT2D eigenvalue weighted by molar-refractivity contribution is 9.10. The lowest BCUT2D eigenvalue weighted by Crippen LogP contribution is -2.33. The molecule has 2 aromatic rings. The van der Waals surface area contributed by atoms with Gasteiger partial charge in [0.15, 0.2) is 0 Å². The second-order valence-electron chi connectivity index (χ2n) is 5.73. The topological polar surface area (TPSA) is 35.0 Å². The van der Waals surface area contributed by atoms with Crippen molar-refractivity contribution in [2.45, 2.75) is 38.2 Å². The van der Waals surface area contributed by atoms with Crippen molar-refractivity contribution in [1.29, 1.82) is 0 Å². The summed E-state index contributed by atoms with van der Waals surface area (Å²) in [5.41, 5.74) is 0.943. The molecule has 100 valence electrons. The highest BCUT2D eigenvalue weighted by Gasteiger charge is 2.31. The van der Waals surface area contributed by atoms with Crippen LogP contribution in [0.3, 0.4) is 0 Å².